The molecule has 0 aliphatic rings. The van der Waals surface area contributed by atoms with Gasteiger partial charge in [0.15, 0.2) is 0 Å². The summed E-state index contributed by atoms with van der Waals surface area (Å²) in [6, 6.07) is 2.50. The lowest BCUT2D eigenvalue weighted by Crippen LogP contribution is -2.19. The van der Waals surface area contributed by atoms with Crippen LogP contribution in [0.2, 0.25) is 0 Å². The number of nitrogens with two attached hydrogens (primary N) is 1. The summed E-state index contributed by atoms with van der Waals surface area (Å²) in [5.74, 6) is -1.61. The molecule has 1 atom stereocenters. The Labute approximate surface area is 117 Å². The maximum atomic E-state index is 13.1. The van der Waals surface area contributed by atoms with Crippen LogP contribution in [-0.4, -0.2) is 4.98 Å². The zero-order chi connectivity index (χ0) is 15.6. The molecule has 2 N–H and O–H groups in total. The van der Waals surface area contributed by atoms with Gasteiger partial charge < -0.3 is 5.73 Å². The van der Waals surface area contributed by atoms with E-state index in [0.717, 1.165) is 30.6 Å². The molecule has 1 aromatic heterocycles. The number of hydrogen-bond donors (Lipinski definition) is 1. The van der Waals surface area contributed by atoms with Crippen molar-refractivity contribution in [1.82, 2.24) is 4.98 Å². The van der Waals surface area contributed by atoms with Gasteiger partial charge >= 0.3 is 6.18 Å². The Hall–Kier alpha value is -2.02. The second kappa shape index (κ2) is 5.77. The van der Waals surface area contributed by atoms with Crippen molar-refractivity contribution in [1.29, 1.82) is 0 Å². The molecule has 0 aliphatic carbocycles. The van der Waals surface area contributed by atoms with Crippen LogP contribution in [0.15, 0.2) is 36.7 Å². The van der Waals surface area contributed by atoms with Crippen LogP contribution >= 0.6 is 0 Å². The summed E-state index contributed by atoms with van der Waals surface area (Å²) in [7, 11) is 0. The van der Waals surface area contributed by atoms with Crippen LogP contribution in [0.4, 0.5) is 22.0 Å². The first kappa shape index (κ1) is 15.4. The van der Waals surface area contributed by atoms with Gasteiger partial charge in [-0.1, -0.05) is 0 Å². The zero-order valence-electron chi connectivity index (χ0n) is 10.7. The van der Waals surface area contributed by atoms with E-state index in [9.17, 15) is 22.0 Å². The minimum Gasteiger partial charge on any atom is -0.324 e. The minimum absolute atomic E-state index is 0.135. The summed E-state index contributed by atoms with van der Waals surface area (Å²) in [6.45, 7) is 0. The van der Waals surface area contributed by atoms with Gasteiger partial charge in [-0.2, -0.15) is 13.2 Å². The first-order valence-electron chi connectivity index (χ1n) is 5.99. The highest BCUT2D eigenvalue weighted by atomic mass is 19.4. The van der Waals surface area contributed by atoms with Crippen LogP contribution < -0.4 is 5.73 Å². The Balaban J connectivity index is 2.31. The van der Waals surface area contributed by atoms with Crippen LogP contribution in [0.3, 0.4) is 0 Å². The molecule has 112 valence electrons. The van der Waals surface area contributed by atoms with E-state index in [1.165, 1.54) is 0 Å². The highest BCUT2D eigenvalue weighted by molar-refractivity contribution is 5.31. The fraction of sp³-hybridized carbons (Fsp3) is 0.214. The third-order valence-corrected chi connectivity index (χ3v) is 2.93. The lowest BCUT2D eigenvalue weighted by atomic mass is 9.97. The average Bonchev–Trinajstić information content (AvgIpc) is 2.36. The smallest absolute Gasteiger partial charge is 0.324 e. The van der Waals surface area contributed by atoms with E-state index in [1.807, 2.05) is 0 Å². The third-order valence-electron chi connectivity index (χ3n) is 2.93. The summed E-state index contributed by atoms with van der Waals surface area (Å²) < 4.78 is 64.8. The number of nitrogens with zero attached hydrogens (tertiary/aromatic N) is 1. The lowest BCUT2D eigenvalue weighted by Gasteiger charge is -2.17. The van der Waals surface area contributed by atoms with Gasteiger partial charge in [0.25, 0.3) is 0 Å². The molecule has 1 heterocycles. The van der Waals surface area contributed by atoms with Gasteiger partial charge in [0.05, 0.1) is 5.56 Å². The van der Waals surface area contributed by atoms with Crippen LogP contribution in [0.5, 0.6) is 0 Å². The molecule has 0 saturated heterocycles. The second-order valence-electron chi connectivity index (χ2n) is 4.55. The summed E-state index contributed by atoms with van der Waals surface area (Å²) in [4.78, 5) is 3.63. The van der Waals surface area contributed by atoms with E-state index < -0.39 is 29.4 Å². The van der Waals surface area contributed by atoms with Gasteiger partial charge in [0.1, 0.15) is 11.6 Å². The topological polar surface area (TPSA) is 38.9 Å². The van der Waals surface area contributed by atoms with E-state index in [2.05, 4.69) is 4.98 Å². The van der Waals surface area contributed by atoms with Gasteiger partial charge in [0.2, 0.25) is 0 Å². The van der Waals surface area contributed by atoms with Gasteiger partial charge in [-0.05, 0) is 35.7 Å². The molecule has 0 bridgehead atoms. The van der Waals surface area contributed by atoms with Gasteiger partial charge in [-0.3, -0.25) is 4.98 Å². The zero-order valence-corrected chi connectivity index (χ0v) is 10.7. The highest BCUT2D eigenvalue weighted by Gasteiger charge is 2.34. The molecule has 0 aliphatic heterocycles. The molecule has 1 unspecified atom stereocenters. The molecule has 21 heavy (non-hydrogen) atoms. The highest BCUT2D eigenvalue weighted by Crippen LogP contribution is 2.34. The van der Waals surface area contributed by atoms with Crippen molar-refractivity contribution >= 4 is 0 Å². The molecule has 2 nitrogen and oxygen atoms in total. The molecule has 0 saturated carbocycles. The number of alkyl halides is 3. The van der Waals surface area contributed by atoms with Gasteiger partial charge in [-0.25, -0.2) is 8.78 Å². The molecule has 2 rings (SSSR count). The monoisotopic (exact) mass is 302 g/mol. The second-order valence-corrected chi connectivity index (χ2v) is 4.55. The number of hydrogen-bond acceptors (Lipinski definition) is 2. The summed E-state index contributed by atoms with van der Waals surface area (Å²) in [5, 5.41) is 0. The predicted octanol–water partition coefficient (Wildman–Crippen LogP) is 3.62. The number of benzene rings is 1. The fourth-order valence-corrected chi connectivity index (χ4v) is 2.05. The molecular weight excluding hydrogens is 291 g/mol. The van der Waals surface area contributed by atoms with E-state index in [-0.39, 0.29) is 17.5 Å². The van der Waals surface area contributed by atoms with E-state index in [0.29, 0.717) is 6.07 Å². The number of pyridine rings is 1. The maximum Gasteiger partial charge on any atom is 0.416 e. The number of aromatic nitrogens is 1. The van der Waals surface area contributed by atoms with Crippen molar-refractivity contribution in [2.75, 3.05) is 0 Å². The van der Waals surface area contributed by atoms with Crippen molar-refractivity contribution in [2.24, 2.45) is 5.73 Å². The lowest BCUT2D eigenvalue weighted by molar-refractivity contribution is -0.138. The maximum absolute atomic E-state index is 13.1. The molecule has 7 heteroatoms. The molecule has 0 amide bonds. The van der Waals surface area contributed by atoms with Crippen molar-refractivity contribution in [3.05, 3.63) is 65.0 Å². The Kier molecular flexibility index (Phi) is 4.22. The Bertz CT molecular complexity index is 619. The number of rotatable bonds is 3. The van der Waals surface area contributed by atoms with Crippen molar-refractivity contribution in [3.63, 3.8) is 0 Å². The van der Waals surface area contributed by atoms with E-state index in [1.54, 1.807) is 0 Å². The van der Waals surface area contributed by atoms with Crippen LogP contribution in [-0.2, 0) is 12.6 Å². The van der Waals surface area contributed by atoms with Crippen molar-refractivity contribution < 1.29 is 22.0 Å². The van der Waals surface area contributed by atoms with Gasteiger partial charge in [0, 0.05) is 24.5 Å². The summed E-state index contributed by atoms with van der Waals surface area (Å²) in [6.07, 6.45) is -2.67. The van der Waals surface area contributed by atoms with Crippen molar-refractivity contribution in [3.8, 4) is 0 Å². The van der Waals surface area contributed by atoms with E-state index >= 15 is 0 Å². The molecule has 2 aromatic rings. The summed E-state index contributed by atoms with van der Waals surface area (Å²) in [5.41, 5.74) is 4.80. The van der Waals surface area contributed by atoms with Crippen LogP contribution in [0, 0.1) is 11.6 Å². The molecule has 1 aromatic carbocycles. The molecule has 0 fully saturated rings. The SMILES string of the molecule is NC(Cc1cc(F)cc(F)c1)c1cnccc1C(F)(F)F. The number of halogens is 5. The fourth-order valence-electron chi connectivity index (χ4n) is 2.05. The average molecular weight is 302 g/mol. The normalized spacial score (nSPS) is 13.2. The Morgan fingerprint density at radius 3 is 2.29 bits per heavy atom. The predicted molar refractivity (Wildman–Crippen MR) is 66.2 cm³/mol. The molecule has 0 spiro atoms. The third kappa shape index (κ3) is 3.75. The quantitative estimate of drug-likeness (QED) is 0.880. The first-order valence-corrected chi connectivity index (χ1v) is 5.99. The van der Waals surface area contributed by atoms with Crippen LogP contribution in [0.25, 0.3) is 0 Å². The molecular formula is C14H11F5N2. The largest absolute Gasteiger partial charge is 0.416 e. The van der Waals surface area contributed by atoms with Gasteiger partial charge in [-0.15, -0.1) is 0 Å². The first-order chi connectivity index (χ1) is 9.77. The Morgan fingerprint density at radius 1 is 1.10 bits per heavy atom. The minimum atomic E-state index is -4.57. The Morgan fingerprint density at radius 2 is 1.71 bits per heavy atom. The van der Waals surface area contributed by atoms with Crippen LogP contribution in [0.1, 0.15) is 22.7 Å². The van der Waals surface area contributed by atoms with E-state index in [4.69, 9.17) is 5.73 Å². The van der Waals surface area contributed by atoms with Crippen molar-refractivity contribution in [2.45, 2.75) is 18.6 Å². The molecule has 0 radical (unpaired) electrons. The standard InChI is InChI=1S/C14H11F5N2/c15-9-3-8(4-10(16)6-9)5-13(20)11-7-21-2-1-12(11)14(17,18)19/h1-4,6-7,13H,5,20H2. The summed E-state index contributed by atoms with van der Waals surface area (Å²) >= 11 is 0.